The van der Waals surface area contributed by atoms with E-state index >= 15 is 0 Å². The van der Waals surface area contributed by atoms with Crippen molar-refractivity contribution in [2.24, 2.45) is 5.41 Å². The third-order valence-corrected chi connectivity index (χ3v) is 1.44. The van der Waals surface area contributed by atoms with E-state index in [9.17, 15) is 4.79 Å². The first kappa shape index (κ1) is 11.0. The first-order valence-corrected chi connectivity index (χ1v) is 4.04. The molecule has 0 aliphatic heterocycles. The lowest BCUT2D eigenvalue weighted by atomic mass is 9.92. The summed E-state index contributed by atoms with van der Waals surface area (Å²) < 4.78 is 0. The summed E-state index contributed by atoms with van der Waals surface area (Å²) >= 11 is 0. The molecule has 0 aromatic rings. The Morgan fingerprint density at radius 2 is 2.00 bits per heavy atom. The minimum Gasteiger partial charge on any atom is -0.335 e. The second kappa shape index (κ2) is 4.15. The van der Waals surface area contributed by atoms with Crippen molar-refractivity contribution in [3.8, 4) is 12.3 Å². The summed E-state index contributed by atoms with van der Waals surface area (Å²) in [6, 6.07) is 0. The smallest absolute Gasteiger partial charge is 0.223 e. The maximum atomic E-state index is 11.4. The molecule has 0 fully saturated rings. The van der Waals surface area contributed by atoms with Gasteiger partial charge in [-0.2, -0.15) is 0 Å². The predicted octanol–water partition coefficient (Wildman–Crippen LogP) is 1.51. The quantitative estimate of drug-likeness (QED) is 0.571. The Kier molecular flexibility index (Phi) is 3.82. The lowest BCUT2D eigenvalue weighted by molar-refractivity contribution is -0.131. The first-order chi connectivity index (χ1) is 5.37. The Hall–Kier alpha value is -0.970. The summed E-state index contributed by atoms with van der Waals surface area (Å²) in [5.74, 6) is 2.55. The Labute approximate surface area is 74.9 Å². The predicted molar refractivity (Wildman–Crippen MR) is 50.5 cm³/mol. The van der Waals surface area contributed by atoms with Crippen LogP contribution in [0.4, 0.5) is 0 Å². The number of terminal acetylenes is 1. The van der Waals surface area contributed by atoms with Gasteiger partial charge < -0.3 is 4.90 Å². The molecule has 0 heterocycles. The lowest BCUT2D eigenvalue weighted by Gasteiger charge is -2.21. The molecule has 2 nitrogen and oxygen atoms in total. The number of nitrogens with zero attached hydrogens (tertiary/aromatic N) is 1. The molecule has 68 valence electrons. The van der Waals surface area contributed by atoms with Gasteiger partial charge >= 0.3 is 0 Å². The van der Waals surface area contributed by atoms with Crippen LogP contribution in [-0.4, -0.2) is 24.4 Å². The van der Waals surface area contributed by atoms with Crippen LogP contribution in [0.5, 0.6) is 0 Å². The van der Waals surface area contributed by atoms with Crippen LogP contribution in [0, 0.1) is 17.8 Å². The van der Waals surface area contributed by atoms with Crippen molar-refractivity contribution < 1.29 is 4.79 Å². The summed E-state index contributed by atoms with van der Waals surface area (Å²) in [6.07, 6.45) is 5.63. The van der Waals surface area contributed by atoms with Gasteiger partial charge in [0, 0.05) is 13.5 Å². The molecule has 2 heteroatoms. The molecule has 0 N–H and O–H groups in total. The third-order valence-electron chi connectivity index (χ3n) is 1.44. The fourth-order valence-electron chi connectivity index (χ4n) is 0.814. The number of rotatable bonds is 2. The van der Waals surface area contributed by atoms with Crippen molar-refractivity contribution >= 4 is 5.91 Å². The van der Waals surface area contributed by atoms with Gasteiger partial charge in [0.1, 0.15) is 0 Å². The normalized spacial score (nSPS) is 10.6. The van der Waals surface area contributed by atoms with Gasteiger partial charge in [-0.3, -0.25) is 4.79 Å². The van der Waals surface area contributed by atoms with E-state index < -0.39 is 0 Å². The van der Waals surface area contributed by atoms with Crippen molar-refractivity contribution in [1.29, 1.82) is 0 Å². The molecule has 0 aliphatic rings. The Bertz CT molecular complexity index is 195. The monoisotopic (exact) mass is 167 g/mol. The fourth-order valence-corrected chi connectivity index (χ4v) is 0.814. The van der Waals surface area contributed by atoms with Gasteiger partial charge in [-0.05, 0) is 5.41 Å². The SMILES string of the molecule is C#CCN(C)C(=O)CC(C)(C)C. The zero-order valence-electron chi connectivity index (χ0n) is 8.35. The van der Waals surface area contributed by atoms with Crippen LogP contribution >= 0.6 is 0 Å². The van der Waals surface area contributed by atoms with E-state index in [1.54, 1.807) is 11.9 Å². The van der Waals surface area contributed by atoms with Crippen LogP contribution in [0.15, 0.2) is 0 Å². The maximum absolute atomic E-state index is 11.4. The minimum atomic E-state index is 0.0416. The second-order valence-electron chi connectivity index (χ2n) is 4.19. The van der Waals surface area contributed by atoms with E-state index in [4.69, 9.17) is 6.42 Å². The molecule has 0 aromatic heterocycles. The molecule has 0 aliphatic carbocycles. The molecule has 0 bridgehead atoms. The molecule has 12 heavy (non-hydrogen) atoms. The van der Waals surface area contributed by atoms with Crippen LogP contribution < -0.4 is 0 Å². The zero-order chi connectivity index (χ0) is 9.78. The molecule has 0 spiro atoms. The lowest BCUT2D eigenvalue weighted by Crippen LogP contribution is -2.30. The largest absolute Gasteiger partial charge is 0.335 e. The number of carbonyl (C=O) groups is 1. The van der Waals surface area contributed by atoms with E-state index in [1.807, 2.05) is 20.8 Å². The molecule has 0 saturated carbocycles. The highest BCUT2D eigenvalue weighted by Crippen LogP contribution is 2.19. The highest BCUT2D eigenvalue weighted by molar-refractivity contribution is 5.76. The van der Waals surface area contributed by atoms with E-state index in [1.165, 1.54) is 0 Å². The van der Waals surface area contributed by atoms with Gasteiger partial charge in [0.05, 0.1) is 6.54 Å². The summed E-state index contributed by atoms with van der Waals surface area (Å²) in [5.41, 5.74) is 0.0416. The van der Waals surface area contributed by atoms with Crippen molar-refractivity contribution in [2.75, 3.05) is 13.6 Å². The summed E-state index contributed by atoms with van der Waals surface area (Å²) in [6.45, 7) is 6.51. The van der Waals surface area contributed by atoms with Crippen LogP contribution in [0.1, 0.15) is 27.2 Å². The van der Waals surface area contributed by atoms with Crippen molar-refractivity contribution in [3.05, 3.63) is 0 Å². The average Bonchev–Trinajstić information content (AvgIpc) is 1.84. The Morgan fingerprint density at radius 1 is 1.50 bits per heavy atom. The molecule has 0 atom stereocenters. The van der Waals surface area contributed by atoms with E-state index in [2.05, 4.69) is 5.92 Å². The molecule has 0 radical (unpaired) electrons. The average molecular weight is 167 g/mol. The van der Waals surface area contributed by atoms with Gasteiger partial charge in [0.2, 0.25) is 5.91 Å². The van der Waals surface area contributed by atoms with Gasteiger partial charge in [-0.25, -0.2) is 0 Å². The van der Waals surface area contributed by atoms with Gasteiger partial charge in [-0.1, -0.05) is 26.7 Å². The van der Waals surface area contributed by atoms with Gasteiger partial charge in [0.15, 0.2) is 0 Å². The number of carbonyl (C=O) groups excluding carboxylic acids is 1. The first-order valence-electron chi connectivity index (χ1n) is 4.04. The summed E-state index contributed by atoms with van der Waals surface area (Å²) in [7, 11) is 1.73. The third kappa shape index (κ3) is 4.79. The van der Waals surface area contributed by atoms with Gasteiger partial charge in [0.25, 0.3) is 0 Å². The number of hydrogen-bond donors (Lipinski definition) is 0. The number of amides is 1. The van der Waals surface area contributed by atoms with Crippen molar-refractivity contribution in [2.45, 2.75) is 27.2 Å². The van der Waals surface area contributed by atoms with Crippen LogP contribution in [0.2, 0.25) is 0 Å². The Morgan fingerprint density at radius 3 is 2.33 bits per heavy atom. The molecule has 0 rings (SSSR count). The van der Waals surface area contributed by atoms with Gasteiger partial charge in [-0.15, -0.1) is 6.42 Å². The van der Waals surface area contributed by atoms with Crippen molar-refractivity contribution in [1.82, 2.24) is 4.90 Å². The van der Waals surface area contributed by atoms with Crippen LogP contribution in [-0.2, 0) is 4.79 Å². The molecular formula is C10H17NO. The molecule has 0 aromatic carbocycles. The highest BCUT2D eigenvalue weighted by atomic mass is 16.2. The Balaban J connectivity index is 3.98. The fraction of sp³-hybridized carbons (Fsp3) is 0.700. The molecular weight excluding hydrogens is 150 g/mol. The molecule has 1 amide bonds. The second-order valence-corrected chi connectivity index (χ2v) is 4.19. The zero-order valence-corrected chi connectivity index (χ0v) is 8.35. The van der Waals surface area contributed by atoms with Crippen LogP contribution in [0.25, 0.3) is 0 Å². The number of hydrogen-bond acceptors (Lipinski definition) is 1. The highest BCUT2D eigenvalue weighted by Gasteiger charge is 2.17. The summed E-state index contributed by atoms with van der Waals surface area (Å²) in [5, 5.41) is 0. The topological polar surface area (TPSA) is 20.3 Å². The maximum Gasteiger partial charge on any atom is 0.223 e. The summed E-state index contributed by atoms with van der Waals surface area (Å²) in [4.78, 5) is 13.0. The van der Waals surface area contributed by atoms with E-state index in [-0.39, 0.29) is 11.3 Å². The van der Waals surface area contributed by atoms with E-state index in [0.29, 0.717) is 13.0 Å². The molecule has 0 saturated heterocycles. The standard InChI is InChI=1S/C10H17NO/c1-6-7-11(5)9(12)8-10(2,3)4/h1H,7-8H2,2-5H3. The van der Waals surface area contributed by atoms with Crippen molar-refractivity contribution in [3.63, 3.8) is 0 Å². The van der Waals surface area contributed by atoms with Crippen LogP contribution in [0.3, 0.4) is 0 Å². The van der Waals surface area contributed by atoms with E-state index in [0.717, 1.165) is 0 Å². The molecule has 0 unspecified atom stereocenters. The minimum absolute atomic E-state index is 0.0416.